The maximum Gasteiger partial charge on any atom is 1.00 e. The van der Waals surface area contributed by atoms with E-state index in [4.69, 9.17) is 16.3 Å². The summed E-state index contributed by atoms with van der Waals surface area (Å²) in [5.74, 6) is -1.14. The average molecular weight is 457 g/mol. The van der Waals surface area contributed by atoms with Crippen LogP contribution in [0.2, 0.25) is 5.02 Å². The van der Waals surface area contributed by atoms with Crippen molar-refractivity contribution in [3.63, 3.8) is 0 Å². The van der Waals surface area contributed by atoms with Crippen LogP contribution in [0.4, 0.5) is 5.69 Å². The Hall–Kier alpha value is -2.90. The summed E-state index contributed by atoms with van der Waals surface area (Å²) in [6.07, 6.45) is 0. The molecule has 0 bridgehead atoms. The number of carbonyl (C=O) groups excluding carboxylic acids is 1. The number of nitrogens with zero attached hydrogens (tertiary/aromatic N) is 1. The van der Waals surface area contributed by atoms with Crippen LogP contribution in [0.1, 0.15) is 27.8 Å². The van der Waals surface area contributed by atoms with Crippen molar-refractivity contribution in [2.24, 2.45) is 0 Å². The van der Waals surface area contributed by atoms with Gasteiger partial charge in [-0.3, -0.25) is 4.79 Å². The van der Waals surface area contributed by atoms with E-state index in [-0.39, 0.29) is 53.9 Å². The van der Waals surface area contributed by atoms with E-state index in [0.29, 0.717) is 11.3 Å². The number of benzene rings is 3. The minimum absolute atomic E-state index is 0. The van der Waals surface area contributed by atoms with Crippen LogP contribution in [-0.4, -0.2) is 22.0 Å². The minimum atomic E-state index is -1.18. The van der Waals surface area contributed by atoms with E-state index in [1.807, 2.05) is 36.4 Å². The standard InChI is InChI=1S/C24H17ClN2O4.Na.H/c25-17-9-11-22(20(13-17)24(29)30)27-23(28)16-5-3-6-19(12-16)31-14-18-10-8-15-4-1-2-7-21(15)26-18;;/h1-13H,14H2,(H,27,28)(H,29,30);;/q;+1;-1. The van der Waals surface area contributed by atoms with Gasteiger partial charge in [-0.1, -0.05) is 41.9 Å². The van der Waals surface area contributed by atoms with Gasteiger partial charge in [0.05, 0.1) is 22.5 Å². The number of pyridine rings is 1. The molecule has 0 fully saturated rings. The first-order valence-corrected chi connectivity index (χ1v) is 9.79. The summed E-state index contributed by atoms with van der Waals surface area (Å²) in [5, 5.41) is 13.3. The van der Waals surface area contributed by atoms with Crippen molar-refractivity contribution in [3.8, 4) is 5.75 Å². The normalized spacial score (nSPS) is 10.3. The van der Waals surface area contributed by atoms with Crippen LogP contribution in [0.3, 0.4) is 0 Å². The topological polar surface area (TPSA) is 88.5 Å². The summed E-state index contributed by atoms with van der Waals surface area (Å²) in [7, 11) is 0. The van der Waals surface area contributed by atoms with Crippen LogP contribution in [0, 0.1) is 0 Å². The summed E-state index contributed by atoms with van der Waals surface area (Å²) >= 11 is 5.85. The number of carboxylic acid groups (broad SMARTS) is 1. The number of halogens is 1. The Morgan fingerprint density at radius 3 is 2.62 bits per heavy atom. The number of aromatic nitrogens is 1. The van der Waals surface area contributed by atoms with Gasteiger partial charge in [0.1, 0.15) is 12.4 Å². The molecule has 1 amide bonds. The molecule has 0 saturated carbocycles. The van der Waals surface area contributed by atoms with Gasteiger partial charge in [-0.25, -0.2) is 9.78 Å². The second-order valence-corrected chi connectivity index (χ2v) is 7.20. The molecule has 1 heterocycles. The molecule has 1 aromatic heterocycles. The molecule has 0 aliphatic heterocycles. The predicted molar refractivity (Wildman–Crippen MR) is 120 cm³/mol. The van der Waals surface area contributed by atoms with Crippen LogP contribution in [-0.2, 0) is 6.61 Å². The van der Waals surface area contributed by atoms with Gasteiger partial charge in [0.15, 0.2) is 0 Å². The summed E-state index contributed by atoms with van der Waals surface area (Å²) in [5.41, 5.74) is 2.05. The van der Waals surface area contributed by atoms with Crippen LogP contribution in [0.15, 0.2) is 78.9 Å². The van der Waals surface area contributed by atoms with Crippen molar-refractivity contribution >= 4 is 40.1 Å². The van der Waals surface area contributed by atoms with Gasteiger partial charge < -0.3 is 16.6 Å². The Kier molecular flexibility index (Phi) is 7.88. The zero-order valence-corrected chi connectivity index (χ0v) is 20.0. The van der Waals surface area contributed by atoms with Crippen LogP contribution < -0.4 is 39.6 Å². The van der Waals surface area contributed by atoms with Crippen molar-refractivity contribution in [3.05, 3.63) is 101 Å². The van der Waals surface area contributed by atoms with E-state index in [0.717, 1.165) is 16.6 Å². The summed E-state index contributed by atoms with van der Waals surface area (Å²) in [6, 6.07) is 22.6. The Morgan fingerprint density at radius 2 is 1.81 bits per heavy atom. The Morgan fingerprint density at radius 1 is 1.00 bits per heavy atom. The van der Waals surface area contributed by atoms with E-state index in [1.165, 1.54) is 18.2 Å². The molecule has 3 aromatic carbocycles. The van der Waals surface area contributed by atoms with Gasteiger partial charge in [-0.05, 0) is 48.5 Å². The largest absolute Gasteiger partial charge is 1.00 e. The number of amides is 1. The average Bonchev–Trinajstić information content (AvgIpc) is 2.78. The summed E-state index contributed by atoms with van der Waals surface area (Å²) in [4.78, 5) is 28.6. The fourth-order valence-electron chi connectivity index (χ4n) is 3.07. The van der Waals surface area contributed by atoms with E-state index in [9.17, 15) is 14.7 Å². The number of hydrogen-bond acceptors (Lipinski definition) is 4. The minimum Gasteiger partial charge on any atom is -1.00 e. The third-order valence-corrected chi connectivity index (χ3v) is 4.83. The number of carbonyl (C=O) groups is 2. The molecule has 0 spiro atoms. The number of aromatic carboxylic acids is 1. The Bertz CT molecular complexity index is 1300. The second kappa shape index (κ2) is 10.6. The predicted octanol–water partition coefficient (Wildman–Crippen LogP) is 2.53. The van der Waals surface area contributed by atoms with Crippen LogP contribution in [0.5, 0.6) is 5.75 Å². The van der Waals surface area contributed by atoms with E-state index in [2.05, 4.69) is 10.3 Å². The first-order chi connectivity index (χ1) is 15.0. The third kappa shape index (κ3) is 5.66. The molecule has 0 aliphatic rings. The van der Waals surface area contributed by atoms with Crippen molar-refractivity contribution in [1.29, 1.82) is 0 Å². The molecule has 2 N–H and O–H groups in total. The number of fused-ring (bicyclic) bond motifs is 1. The zero-order valence-electron chi connectivity index (χ0n) is 18.2. The molecule has 4 rings (SSSR count). The fraction of sp³-hybridized carbons (Fsp3) is 0.0417. The van der Waals surface area contributed by atoms with Gasteiger partial charge in [0.2, 0.25) is 0 Å². The van der Waals surface area contributed by atoms with Gasteiger partial charge in [0, 0.05) is 16.0 Å². The van der Waals surface area contributed by atoms with Crippen LogP contribution >= 0.6 is 11.6 Å². The second-order valence-electron chi connectivity index (χ2n) is 6.76. The SMILES string of the molecule is O=C(Nc1ccc(Cl)cc1C(=O)O)c1cccc(OCc2ccc3ccccc3n2)c1.[H-].[Na+]. The summed E-state index contributed by atoms with van der Waals surface area (Å²) < 4.78 is 5.81. The van der Waals surface area contributed by atoms with Gasteiger partial charge in [-0.15, -0.1) is 0 Å². The smallest absolute Gasteiger partial charge is 1.00 e. The number of para-hydroxylation sites is 1. The zero-order chi connectivity index (χ0) is 21.8. The van der Waals surface area contributed by atoms with Crippen molar-refractivity contribution in [2.75, 3.05) is 5.32 Å². The number of ether oxygens (including phenoxy) is 1. The van der Waals surface area contributed by atoms with Gasteiger partial charge in [-0.2, -0.15) is 0 Å². The van der Waals surface area contributed by atoms with E-state index in [1.54, 1.807) is 24.3 Å². The molecule has 0 saturated heterocycles. The van der Waals surface area contributed by atoms with Gasteiger partial charge >= 0.3 is 35.5 Å². The quantitative estimate of drug-likeness (QED) is 0.435. The molecule has 32 heavy (non-hydrogen) atoms. The monoisotopic (exact) mass is 456 g/mol. The summed E-state index contributed by atoms with van der Waals surface area (Å²) in [6.45, 7) is 0.246. The Labute approximate surface area is 213 Å². The third-order valence-electron chi connectivity index (χ3n) is 4.60. The number of nitrogens with one attached hydrogen (secondary N) is 1. The molecule has 0 aliphatic carbocycles. The fourth-order valence-corrected chi connectivity index (χ4v) is 3.24. The molecule has 6 nitrogen and oxygen atoms in total. The molecule has 8 heteroatoms. The van der Waals surface area contributed by atoms with Crippen molar-refractivity contribution < 1.29 is 50.4 Å². The first kappa shape index (κ1) is 23.8. The van der Waals surface area contributed by atoms with Crippen LogP contribution in [0.25, 0.3) is 10.9 Å². The van der Waals surface area contributed by atoms with Gasteiger partial charge in [0.25, 0.3) is 5.91 Å². The molecule has 0 radical (unpaired) electrons. The number of hydrogen-bond donors (Lipinski definition) is 2. The molecule has 0 atom stereocenters. The van der Waals surface area contributed by atoms with Crippen molar-refractivity contribution in [1.82, 2.24) is 4.98 Å². The maximum absolute atomic E-state index is 12.6. The molecular weight excluding hydrogens is 439 g/mol. The Balaban J connectivity index is 0.00000193. The molecular formula is C24H18ClN2NaO4. The number of carboxylic acids is 1. The van der Waals surface area contributed by atoms with Crippen molar-refractivity contribution in [2.45, 2.75) is 6.61 Å². The molecule has 4 aromatic rings. The van der Waals surface area contributed by atoms with E-state index < -0.39 is 11.9 Å². The number of rotatable bonds is 6. The van der Waals surface area contributed by atoms with E-state index >= 15 is 0 Å². The number of anilines is 1. The first-order valence-electron chi connectivity index (χ1n) is 9.41. The maximum atomic E-state index is 12.6. The molecule has 0 unspecified atom stereocenters. The molecule has 156 valence electrons.